The van der Waals surface area contributed by atoms with Crippen molar-refractivity contribution in [2.45, 2.75) is 6.42 Å². The molecule has 0 aliphatic heterocycles. The van der Waals surface area contributed by atoms with Gasteiger partial charge in [0, 0.05) is 16.6 Å². The molecule has 0 aliphatic rings. The quantitative estimate of drug-likeness (QED) is 0.462. The zero-order chi connectivity index (χ0) is 20.2. The summed E-state index contributed by atoms with van der Waals surface area (Å²) < 4.78 is 5.23. The number of carbonyl (C=O) groups excluding carboxylic acids is 1. The number of fused-ring (bicyclic) bond motifs is 1. The minimum absolute atomic E-state index is 0.125. The van der Waals surface area contributed by atoms with Crippen molar-refractivity contribution < 1.29 is 9.53 Å². The molecule has 1 N–H and O–H groups in total. The standard InChI is InChI=1S/C24H19ClN2O2/c1-29-20-10-7-16(8-11-20)21-12-9-19(25)14-18(21)15-23(28)27-22-6-2-4-17-5-3-13-26-24(17)22/h2-14H,15H2,1H3,(H,27,28). The van der Waals surface area contributed by atoms with E-state index in [-0.39, 0.29) is 12.3 Å². The van der Waals surface area contributed by atoms with Gasteiger partial charge in [0.25, 0.3) is 0 Å². The number of carbonyl (C=O) groups is 1. The third-order valence-corrected chi connectivity index (χ3v) is 4.96. The first kappa shape index (κ1) is 19.0. The number of amides is 1. The highest BCUT2D eigenvalue weighted by molar-refractivity contribution is 6.30. The monoisotopic (exact) mass is 402 g/mol. The number of nitrogens with one attached hydrogen (secondary N) is 1. The Kier molecular flexibility index (Phi) is 5.45. The average molecular weight is 403 g/mol. The first-order valence-corrected chi connectivity index (χ1v) is 9.58. The van der Waals surface area contributed by atoms with Crippen LogP contribution in [0, 0.1) is 0 Å². The Morgan fingerprint density at radius 2 is 1.83 bits per heavy atom. The van der Waals surface area contributed by atoms with Crippen molar-refractivity contribution in [3.63, 3.8) is 0 Å². The Bertz CT molecular complexity index is 1170. The molecule has 5 heteroatoms. The Labute approximate surface area is 174 Å². The van der Waals surface area contributed by atoms with Gasteiger partial charge in [0.15, 0.2) is 0 Å². The molecular weight excluding hydrogens is 384 g/mol. The summed E-state index contributed by atoms with van der Waals surface area (Å²) in [6, 6.07) is 22.9. The van der Waals surface area contributed by atoms with Crippen molar-refractivity contribution in [1.82, 2.24) is 4.98 Å². The molecule has 1 aromatic heterocycles. The number of halogens is 1. The van der Waals surface area contributed by atoms with Gasteiger partial charge < -0.3 is 10.1 Å². The van der Waals surface area contributed by atoms with Crippen LogP contribution in [-0.2, 0) is 11.2 Å². The van der Waals surface area contributed by atoms with E-state index in [1.54, 1.807) is 13.3 Å². The summed E-state index contributed by atoms with van der Waals surface area (Å²) in [5.41, 5.74) is 4.28. The number of rotatable bonds is 5. The average Bonchev–Trinajstić information content (AvgIpc) is 2.74. The van der Waals surface area contributed by atoms with Crippen molar-refractivity contribution in [3.05, 3.63) is 89.6 Å². The molecule has 0 unspecified atom stereocenters. The summed E-state index contributed by atoms with van der Waals surface area (Å²) in [6.45, 7) is 0. The zero-order valence-electron chi connectivity index (χ0n) is 15.9. The van der Waals surface area contributed by atoms with Crippen LogP contribution >= 0.6 is 11.6 Å². The third kappa shape index (κ3) is 4.23. The van der Waals surface area contributed by atoms with E-state index in [1.807, 2.05) is 72.8 Å². The molecule has 0 spiro atoms. The number of ether oxygens (including phenoxy) is 1. The molecule has 0 fully saturated rings. The highest BCUT2D eigenvalue weighted by atomic mass is 35.5. The maximum absolute atomic E-state index is 12.8. The van der Waals surface area contributed by atoms with Crippen molar-refractivity contribution in [2.75, 3.05) is 12.4 Å². The Morgan fingerprint density at radius 3 is 2.62 bits per heavy atom. The summed E-state index contributed by atoms with van der Waals surface area (Å²) >= 11 is 6.21. The SMILES string of the molecule is COc1ccc(-c2ccc(Cl)cc2CC(=O)Nc2cccc3cccnc23)cc1. The van der Waals surface area contributed by atoms with E-state index in [0.717, 1.165) is 33.3 Å². The molecule has 0 saturated heterocycles. The van der Waals surface area contributed by atoms with Crippen molar-refractivity contribution >= 4 is 34.1 Å². The highest BCUT2D eigenvalue weighted by Crippen LogP contribution is 2.29. The Hall–Kier alpha value is -3.37. The van der Waals surface area contributed by atoms with Crippen LogP contribution in [0.1, 0.15) is 5.56 Å². The molecule has 0 atom stereocenters. The number of pyridine rings is 1. The first-order valence-electron chi connectivity index (χ1n) is 9.20. The van der Waals surface area contributed by atoms with Gasteiger partial charge in [0.2, 0.25) is 5.91 Å². The Balaban J connectivity index is 1.61. The molecule has 0 aliphatic carbocycles. The second-order valence-corrected chi connectivity index (χ2v) is 7.07. The molecule has 144 valence electrons. The van der Waals surface area contributed by atoms with Crippen LogP contribution in [0.3, 0.4) is 0 Å². The third-order valence-electron chi connectivity index (χ3n) is 4.73. The molecule has 0 saturated carbocycles. The van der Waals surface area contributed by atoms with E-state index < -0.39 is 0 Å². The first-order chi connectivity index (χ1) is 14.1. The molecule has 3 aromatic carbocycles. The number of para-hydroxylation sites is 1. The van der Waals surface area contributed by atoms with Crippen LogP contribution in [0.25, 0.3) is 22.0 Å². The van der Waals surface area contributed by atoms with Gasteiger partial charge in [-0.1, -0.05) is 48.0 Å². The lowest BCUT2D eigenvalue weighted by Gasteiger charge is -2.12. The minimum atomic E-state index is -0.125. The fraction of sp³-hybridized carbons (Fsp3) is 0.0833. The van der Waals surface area contributed by atoms with Crippen molar-refractivity contribution in [2.24, 2.45) is 0 Å². The van der Waals surface area contributed by atoms with E-state index in [0.29, 0.717) is 10.7 Å². The summed E-state index contributed by atoms with van der Waals surface area (Å²) in [6.07, 6.45) is 1.92. The normalized spacial score (nSPS) is 10.7. The van der Waals surface area contributed by atoms with E-state index in [4.69, 9.17) is 16.3 Å². The van der Waals surface area contributed by atoms with Gasteiger partial charge in [0.05, 0.1) is 24.7 Å². The largest absolute Gasteiger partial charge is 0.497 e. The number of benzene rings is 3. The molecule has 4 nitrogen and oxygen atoms in total. The molecule has 1 heterocycles. The smallest absolute Gasteiger partial charge is 0.228 e. The minimum Gasteiger partial charge on any atom is -0.497 e. The van der Waals surface area contributed by atoms with Crippen LogP contribution in [0.15, 0.2) is 79.0 Å². The van der Waals surface area contributed by atoms with Crippen molar-refractivity contribution in [1.29, 1.82) is 0 Å². The van der Waals surface area contributed by atoms with E-state index in [9.17, 15) is 4.79 Å². The molecule has 29 heavy (non-hydrogen) atoms. The molecule has 0 bridgehead atoms. The fourth-order valence-corrected chi connectivity index (χ4v) is 3.53. The van der Waals surface area contributed by atoms with Gasteiger partial charge in [-0.3, -0.25) is 9.78 Å². The lowest BCUT2D eigenvalue weighted by atomic mass is 9.97. The summed E-state index contributed by atoms with van der Waals surface area (Å²) in [7, 11) is 1.63. The zero-order valence-corrected chi connectivity index (χ0v) is 16.6. The van der Waals surface area contributed by atoms with Crippen molar-refractivity contribution in [3.8, 4) is 16.9 Å². The van der Waals surface area contributed by atoms with Gasteiger partial charge in [0.1, 0.15) is 5.75 Å². The van der Waals surface area contributed by atoms with Crippen LogP contribution in [0.5, 0.6) is 5.75 Å². The van der Waals surface area contributed by atoms with E-state index >= 15 is 0 Å². The lowest BCUT2D eigenvalue weighted by molar-refractivity contribution is -0.115. The number of aromatic nitrogens is 1. The van der Waals surface area contributed by atoms with Gasteiger partial charge >= 0.3 is 0 Å². The van der Waals surface area contributed by atoms with Crippen LogP contribution in [0.2, 0.25) is 5.02 Å². The van der Waals surface area contributed by atoms with E-state index in [2.05, 4.69) is 10.3 Å². The Morgan fingerprint density at radius 1 is 1.03 bits per heavy atom. The van der Waals surface area contributed by atoms with Crippen LogP contribution in [0.4, 0.5) is 5.69 Å². The number of anilines is 1. The highest BCUT2D eigenvalue weighted by Gasteiger charge is 2.12. The molecular formula is C24H19ClN2O2. The topological polar surface area (TPSA) is 51.2 Å². The second-order valence-electron chi connectivity index (χ2n) is 6.64. The number of methoxy groups -OCH3 is 1. The molecule has 0 radical (unpaired) electrons. The van der Waals surface area contributed by atoms with Gasteiger partial charge in [-0.25, -0.2) is 0 Å². The van der Waals surface area contributed by atoms with Crippen LogP contribution in [-0.4, -0.2) is 18.0 Å². The number of hydrogen-bond acceptors (Lipinski definition) is 3. The predicted molar refractivity (Wildman–Crippen MR) is 118 cm³/mol. The van der Waals surface area contributed by atoms with E-state index in [1.165, 1.54) is 0 Å². The maximum Gasteiger partial charge on any atom is 0.228 e. The summed E-state index contributed by atoms with van der Waals surface area (Å²) in [5.74, 6) is 0.658. The lowest BCUT2D eigenvalue weighted by Crippen LogP contribution is -2.15. The predicted octanol–water partition coefficient (Wildman–Crippen LogP) is 5.75. The van der Waals surface area contributed by atoms with Crippen LogP contribution < -0.4 is 10.1 Å². The fourth-order valence-electron chi connectivity index (χ4n) is 3.33. The van der Waals surface area contributed by atoms with Gasteiger partial charge in [-0.05, 0) is 53.1 Å². The number of nitrogens with zero attached hydrogens (tertiary/aromatic N) is 1. The second kappa shape index (κ2) is 8.33. The molecule has 4 aromatic rings. The maximum atomic E-state index is 12.8. The molecule has 4 rings (SSSR count). The van der Waals surface area contributed by atoms with Gasteiger partial charge in [-0.2, -0.15) is 0 Å². The summed E-state index contributed by atoms with van der Waals surface area (Å²) in [4.78, 5) is 17.2. The van der Waals surface area contributed by atoms with Gasteiger partial charge in [-0.15, -0.1) is 0 Å². The molecule has 1 amide bonds. The number of hydrogen-bond donors (Lipinski definition) is 1. The summed E-state index contributed by atoms with van der Waals surface area (Å²) in [5, 5.41) is 4.56.